The fourth-order valence-corrected chi connectivity index (χ4v) is 2.34. The predicted molar refractivity (Wildman–Crippen MR) is 81.9 cm³/mol. The van der Waals surface area contributed by atoms with Gasteiger partial charge in [0.2, 0.25) is 0 Å². The Hall–Kier alpha value is -2.67. The number of carboxylic acids is 1. The molecule has 0 bridgehead atoms. The van der Waals surface area contributed by atoms with Gasteiger partial charge >= 0.3 is 0 Å². The molecule has 2 aromatic rings. The topological polar surface area (TPSA) is 90.8 Å². The Balaban J connectivity index is 1.91. The van der Waals surface area contributed by atoms with Crippen molar-refractivity contribution in [2.24, 2.45) is 5.16 Å². The summed E-state index contributed by atoms with van der Waals surface area (Å²) in [7, 11) is 0. The number of amides is 1. The monoisotopic (exact) mass is 317 g/mol. The van der Waals surface area contributed by atoms with E-state index < -0.39 is 11.9 Å². The molecular weight excluding hydrogens is 304 g/mol. The van der Waals surface area contributed by atoms with Crippen molar-refractivity contribution in [3.8, 4) is 0 Å². The lowest BCUT2D eigenvalue weighted by Gasteiger charge is -2.11. The molecule has 0 aliphatic rings. The van der Waals surface area contributed by atoms with Crippen LogP contribution < -0.4 is 10.4 Å². The van der Waals surface area contributed by atoms with Crippen molar-refractivity contribution in [3.63, 3.8) is 0 Å². The quantitative estimate of drug-likeness (QED) is 0.645. The van der Waals surface area contributed by atoms with Crippen molar-refractivity contribution >= 4 is 34.6 Å². The van der Waals surface area contributed by atoms with Crippen LogP contribution in [0.4, 0.5) is 5.69 Å². The van der Waals surface area contributed by atoms with Crippen molar-refractivity contribution in [1.29, 1.82) is 0 Å². The highest BCUT2D eigenvalue weighted by Crippen LogP contribution is 2.14. The molecule has 2 rings (SSSR count). The molecule has 22 heavy (non-hydrogen) atoms. The summed E-state index contributed by atoms with van der Waals surface area (Å²) in [6.45, 7) is 1.46. The number of nitrogens with zero attached hydrogens (tertiary/aromatic N) is 1. The van der Waals surface area contributed by atoms with Gasteiger partial charge in [0.05, 0.1) is 16.6 Å². The fourth-order valence-electron chi connectivity index (χ4n) is 1.67. The summed E-state index contributed by atoms with van der Waals surface area (Å²) >= 11 is 1.51. The van der Waals surface area contributed by atoms with E-state index in [2.05, 4.69) is 10.5 Å². The normalized spacial score (nSPS) is 11.0. The number of aromatic carboxylic acids is 1. The average molecular weight is 317 g/mol. The van der Waals surface area contributed by atoms with Gasteiger partial charge in [-0.1, -0.05) is 29.4 Å². The minimum Gasteiger partial charge on any atom is -0.545 e. The molecule has 0 unspecified atom stereocenters. The average Bonchev–Trinajstić information content (AvgIpc) is 3.01. The molecular formula is C15H13N2O4S-. The second kappa shape index (κ2) is 7.37. The molecule has 0 saturated heterocycles. The number of hydrogen-bond acceptors (Lipinski definition) is 6. The number of carbonyl (C=O) groups excluding carboxylic acids is 2. The summed E-state index contributed by atoms with van der Waals surface area (Å²) < 4.78 is 0. The molecule has 1 aromatic carbocycles. The first-order valence-corrected chi connectivity index (χ1v) is 7.26. The van der Waals surface area contributed by atoms with Gasteiger partial charge in [0, 0.05) is 11.3 Å². The van der Waals surface area contributed by atoms with Crippen molar-refractivity contribution in [2.75, 3.05) is 11.9 Å². The Bertz CT molecular complexity index is 695. The largest absolute Gasteiger partial charge is 0.545 e. The third-order valence-electron chi connectivity index (χ3n) is 2.70. The van der Waals surface area contributed by atoms with Crippen LogP contribution in [0.25, 0.3) is 0 Å². The molecule has 0 radical (unpaired) electrons. The molecule has 0 atom stereocenters. The SMILES string of the molecule is C/C(=N/OCC(=O)Nc1ccccc1C(=O)[O-])c1cccs1. The summed E-state index contributed by atoms with van der Waals surface area (Å²) in [5.41, 5.74) is 0.738. The maximum Gasteiger partial charge on any atom is 0.265 e. The van der Waals surface area contributed by atoms with Gasteiger partial charge < -0.3 is 20.1 Å². The molecule has 1 N–H and O–H groups in total. The zero-order valence-electron chi connectivity index (χ0n) is 11.7. The number of para-hydroxylation sites is 1. The van der Waals surface area contributed by atoms with E-state index in [1.54, 1.807) is 19.1 Å². The molecule has 0 aliphatic carbocycles. The van der Waals surface area contributed by atoms with Crippen LogP contribution in [0.2, 0.25) is 0 Å². The number of benzene rings is 1. The third-order valence-corrected chi connectivity index (χ3v) is 3.67. The molecule has 1 heterocycles. The number of hydrogen-bond donors (Lipinski definition) is 1. The number of thiophene rings is 1. The zero-order valence-corrected chi connectivity index (χ0v) is 12.6. The molecule has 0 spiro atoms. The van der Waals surface area contributed by atoms with Gasteiger partial charge in [-0.05, 0) is 24.4 Å². The van der Waals surface area contributed by atoms with E-state index in [1.165, 1.54) is 23.5 Å². The third kappa shape index (κ3) is 4.16. The summed E-state index contributed by atoms with van der Waals surface area (Å²) in [6.07, 6.45) is 0. The van der Waals surface area contributed by atoms with Gasteiger partial charge in [0.25, 0.3) is 5.91 Å². The Labute approximate surface area is 131 Å². The maximum absolute atomic E-state index is 11.7. The first kappa shape index (κ1) is 15.7. The fraction of sp³-hybridized carbons (Fsp3) is 0.133. The summed E-state index contributed by atoms with van der Waals surface area (Å²) in [5.74, 6) is -1.86. The van der Waals surface area contributed by atoms with Crippen LogP contribution in [0.3, 0.4) is 0 Å². The van der Waals surface area contributed by atoms with Crippen LogP contribution in [0.5, 0.6) is 0 Å². The highest BCUT2D eigenvalue weighted by molar-refractivity contribution is 7.12. The lowest BCUT2D eigenvalue weighted by atomic mass is 10.2. The lowest BCUT2D eigenvalue weighted by molar-refractivity contribution is -0.254. The maximum atomic E-state index is 11.7. The molecule has 1 amide bonds. The van der Waals surface area contributed by atoms with Gasteiger partial charge in [-0.15, -0.1) is 11.3 Å². The van der Waals surface area contributed by atoms with Gasteiger partial charge in [-0.2, -0.15) is 0 Å². The molecule has 6 nitrogen and oxygen atoms in total. The summed E-state index contributed by atoms with van der Waals surface area (Å²) in [6, 6.07) is 9.77. The number of oxime groups is 1. The second-order valence-corrected chi connectivity index (χ2v) is 5.26. The molecule has 1 aromatic heterocycles. The highest BCUT2D eigenvalue weighted by Gasteiger charge is 2.08. The highest BCUT2D eigenvalue weighted by atomic mass is 32.1. The number of anilines is 1. The van der Waals surface area contributed by atoms with Gasteiger partial charge in [0.1, 0.15) is 0 Å². The number of carboxylic acid groups (broad SMARTS) is 1. The Morgan fingerprint density at radius 3 is 2.73 bits per heavy atom. The van der Waals surface area contributed by atoms with Crippen LogP contribution in [0.1, 0.15) is 22.2 Å². The van der Waals surface area contributed by atoms with E-state index in [1.807, 2.05) is 17.5 Å². The van der Waals surface area contributed by atoms with Gasteiger partial charge in [-0.25, -0.2) is 0 Å². The van der Waals surface area contributed by atoms with E-state index in [0.29, 0.717) is 5.71 Å². The summed E-state index contributed by atoms with van der Waals surface area (Å²) in [4.78, 5) is 28.6. The molecule has 0 fully saturated rings. The number of rotatable bonds is 6. The van der Waals surface area contributed by atoms with E-state index in [-0.39, 0.29) is 17.9 Å². The second-order valence-electron chi connectivity index (χ2n) is 4.31. The smallest absolute Gasteiger partial charge is 0.265 e. The molecule has 114 valence electrons. The van der Waals surface area contributed by atoms with Crippen molar-refractivity contribution in [2.45, 2.75) is 6.92 Å². The predicted octanol–water partition coefficient (Wildman–Crippen LogP) is 1.49. The van der Waals surface area contributed by atoms with Gasteiger partial charge in [-0.3, -0.25) is 4.79 Å². The first-order valence-electron chi connectivity index (χ1n) is 6.38. The van der Waals surface area contributed by atoms with Crippen LogP contribution in [0.15, 0.2) is 46.9 Å². The zero-order chi connectivity index (χ0) is 15.9. The summed E-state index contributed by atoms with van der Waals surface area (Å²) in [5, 5.41) is 19.1. The van der Waals surface area contributed by atoms with Crippen LogP contribution in [-0.2, 0) is 9.63 Å². The van der Waals surface area contributed by atoms with Crippen molar-refractivity contribution < 1.29 is 19.5 Å². The van der Waals surface area contributed by atoms with Gasteiger partial charge in [0.15, 0.2) is 6.61 Å². The van der Waals surface area contributed by atoms with Crippen molar-refractivity contribution in [1.82, 2.24) is 0 Å². The van der Waals surface area contributed by atoms with E-state index in [0.717, 1.165) is 4.88 Å². The molecule has 0 saturated carbocycles. The minimum atomic E-state index is -1.36. The van der Waals surface area contributed by atoms with Crippen LogP contribution in [-0.4, -0.2) is 24.2 Å². The molecule has 7 heteroatoms. The Morgan fingerprint density at radius 2 is 2.05 bits per heavy atom. The standard InChI is InChI=1S/C15H14N2O4S/c1-10(13-7-4-8-22-13)17-21-9-14(18)16-12-6-3-2-5-11(12)15(19)20/h2-8H,9H2,1H3,(H,16,18)(H,19,20)/p-1/b17-10-. The Morgan fingerprint density at radius 1 is 1.27 bits per heavy atom. The van der Waals surface area contributed by atoms with E-state index in [9.17, 15) is 14.7 Å². The first-order chi connectivity index (χ1) is 10.6. The van der Waals surface area contributed by atoms with Crippen molar-refractivity contribution in [3.05, 3.63) is 52.2 Å². The van der Waals surface area contributed by atoms with Crippen LogP contribution >= 0.6 is 11.3 Å². The van der Waals surface area contributed by atoms with E-state index in [4.69, 9.17) is 4.84 Å². The Kier molecular flexibility index (Phi) is 5.26. The van der Waals surface area contributed by atoms with E-state index >= 15 is 0 Å². The minimum absolute atomic E-state index is 0.0888. The number of carbonyl (C=O) groups is 2. The molecule has 0 aliphatic heterocycles. The van der Waals surface area contributed by atoms with Crippen LogP contribution in [0, 0.1) is 0 Å². The number of nitrogens with one attached hydrogen (secondary N) is 1. The lowest BCUT2D eigenvalue weighted by Crippen LogP contribution is -2.25.